The number of methoxy groups -OCH3 is 1. The zero-order chi connectivity index (χ0) is 16.9. The van der Waals surface area contributed by atoms with E-state index in [1.807, 2.05) is 45.0 Å². The van der Waals surface area contributed by atoms with Crippen LogP contribution in [-0.4, -0.2) is 44.9 Å². The van der Waals surface area contributed by atoms with Crippen molar-refractivity contribution in [2.24, 2.45) is 5.92 Å². The van der Waals surface area contributed by atoms with E-state index in [9.17, 15) is 13.2 Å². The molecule has 0 saturated carbocycles. The van der Waals surface area contributed by atoms with Crippen LogP contribution in [0.5, 0.6) is 5.75 Å². The van der Waals surface area contributed by atoms with Gasteiger partial charge in [-0.25, -0.2) is 8.42 Å². The van der Waals surface area contributed by atoms with Crippen molar-refractivity contribution in [3.63, 3.8) is 0 Å². The minimum atomic E-state index is -3.36. The second-order valence-electron chi connectivity index (χ2n) is 5.90. The summed E-state index contributed by atoms with van der Waals surface area (Å²) in [4.78, 5) is 13.7. The average molecular weight is 327 g/mol. The largest absolute Gasteiger partial charge is 0.497 e. The maximum Gasteiger partial charge on any atom is 0.238 e. The maximum atomic E-state index is 12.2. The Labute approximate surface area is 133 Å². The SMILES string of the molecule is COc1ccc(C(C)N(C)C(=O)CS(=O)(=O)CC(C)C)cc1. The molecule has 0 bridgehead atoms. The van der Waals surface area contributed by atoms with Crippen LogP contribution in [0.3, 0.4) is 0 Å². The number of ether oxygens (including phenoxy) is 1. The number of benzene rings is 1. The van der Waals surface area contributed by atoms with Crippen LogP contribution in [0, 0.1) is 5.92 Å². The van der Waals surface area contributed by atoms with E-state index in [0.717, 1.165) is 11.3 Å². The molecule has 0 N–H and O–H groups in total. The van der Waals surface area contributed by atoms with Crippen LogP contribution >= 0.6 is 0 Å². The molecule has 0 aliphatic heterocycles. The number of carbonyl (C=O) groups is 1. The van der Waals surface area contributed by atoms with Gasteiger partial charge in [-0.05, 0) is 30.5 Å². The molecule has 0 saturated heterocycles. The Balaban J connectivity index is 2.76. The van der Waals surface area contributed by atoms with Crippen molar-refractivity contribution in [1.29, 1.82) is 0 Å². The Bertz CT molecular complexity index is 593. The molecule has 0 heterocycles. The quantitative estimate of drug-likeness (QED) is 0.771. The molecule has 0 radical (unpaired) electrons. The third kappa shape index (κ3) is 5.33. The van der Waals surface area contributed by atoms with Gasteiger partial charge in [0.25, 0.3) is 0 Å². The fourth-order valence-corrected chi connectivity index (χ4v) is 3.89. The topological polar surface area (TPSA) is 63.7 Å². The van der Waals surface area contributed by atoms with Gasteiger partial charge < -0.3 is 9.64 Å². The van der Waals surface area contributed by atoms with E-state index < -0.39 is 15.6 Å². The number of sulfone groups is 1. The Kier molecular flexibility index (Phi) is 6.41. The van der Waals surface area contributed by atoms with E-state index in [1.54, 1.807) is 14.2 Å². The lowest BCUT2D eigenvalue weighted by Crippen LogP contribution is -2.35. The summed E-state index contributed by atoms with van der Waals surface area (Å²) in [5, 5.41) is 0. The Morgan fingerprint density at radius 1 is 1.18 bits per heavy atom. The molecule has 0 aromatic heterocycles. The summed E-state index contributed by atoms with van der Waals surface area (Å²) in [5.41, 5.74) is 0.929. The summed E-state index contributed by atoms with van der Waals surface area (Å²) >= 11 is 0. The minimum absolute atomic E-state index is 0.0158. The van der Waals surface area contributed by atoms with E-state index in [1.165, 1.54) is 4.90 Å². The first-order valence-corrected chi connectivity index (χ1v) is 9.08. The summed E-state index contributed by atoms with van der Waals surface area (Å²) in [7, 11) is -0.145. The lowest BCUT2D eigenvalue weighted by Gasteiger charge is -2.25. The molecule has 0 aliphatic carbocycles. The van der Waals surface area contributed by atoms with Gasteiger partial charge >= 0.3 is 0 Å². The van der Waals surface area contributed by atoms with Crippen molar-refractivity contribution in [2.45, 2.75) is 26.8 Å². The Morgan fingerprint density at radius 3 is 2.18 bits per heavy atom. The zero-order valence-corrected chi connectivity index (χ0v) is 14.7. The van der Waals surface area contributed by atoms with Crippen molar-refractivity contribution >= 4 is 15.7 Å². The smallest absolute Gasteiger partial charge is 0.238 e. The predicted molar refractivity (Wildman–Crippen MR) is 87.7 cm³/mol. The first-order valence-electron chi connectivity index (χ1n) is 7.26. The number of amides is 1. The number of nitrogens with zero attached hydrogens (tertiary/aromatic N) is 1. The number of hydrogen-bond acceptors (Lipinski definition) is 4. The van der Waals surface area contributed by atoms with Crippen molar-refractivity contribution in [3.8, 4) is 5.75 Å². The third-order valence-electron chi connectivity index (χ3n) is 3.50. The third-order valence-corrected chi connectivity index (χ3v) is 5.36. The van der Waals surface area contributed by atoms with E-state index in [0.29, 0.717) is 0 Å². The first kappa shape index (κ1) is 18.5. The highest BCUT2D eigenvalue weighted by Gasteiger charge is 2.24. The molecule has 0 fully saturated rings. The Morgan fingerprint density at radius 2 is 1.73 bits per heavy atom. The van der Waals surface area contributed by atoms with Crippen LogP contribution in [0.2, 0.25) is 0 Å². The molecule has 0 aliphatic rings. The van der Waals surface area contributed by atoms with Crippen molar-refractivity contribution in [2.75, 3.05) is 25.7 Å². The van der Waals surface area contributed by atoms with Crippen LogP contribution in [-0.2, 0) is 14.6 Å². The molecule has 1 amide bonds. The predicted octanol–water partition coefficient (Wildman–Crippen LogP) is 2.29. The number of rotatable bonds is 7. The standard InChI is InChI=1S/C16H25NO4S/c1-12(2)10-22(19,20)11-16(18)17(4)13(3)14-6-8-15(21-5)9-7-14/h6-9,12-13H,10-11H2,1-5H3. The summed E-state index contributed by atoms with van der Waals surface area (Å²) in [6.45, 7) is 5.52. The monoisotopic (exact) mass is 327 g/mol. The van der Waals surface area contributed by atoms with Gasteiger partial charge in [-0.15, -0.1) is 0 Å². The van der Waals surface area contributed by atoms with Crippen molar-refractivity contribution in [3.05, 3.63) is 29.8 Å². The van der Waals surface area contributed by atoms with E-state index in [4.69, 9.17) is 4.74 Å². The fraction of sp³-hybridized carbons (Fsp3) is 0.562. The highest BCUT2D eigenvalue weighted by Crippen LogP contribution is 2.22. The van der Waals surface area contributed by atoms with Gasteiger partial charge in [0.2, 0.25) is 5.91 Å². The summed E-state index contributed by atoms with van der Waals surface area (Å²) in [6.07, 6.45) is 0. The molecule has 6 heteroatoms. The number of hydrogen-bond donors (Lipinski definition) is 0. The summed E-state index contributed by atoms with van der Waals surface area (Å²) < 4.78 is 29.0. The molecule has 1 rings (SSSR count). The van der Waals surface area contributed by atoms with Gasteiger partial charge in [-0.3, -0.25) is 4.79 Å². The average Bonchev–Trinajstić information content (AvgIpc) is 2.43. The van der Waals surface area contributed by atoms with Gasteiger partial charge in [0.15, 0.2) is 9.84 Å². The molecule has 124 valence electrons. The van der Waals surface area contributed by atoms with E-state index >= 15 is 0 Å². The van der Waals surface area contributed by atoms with Crippen molar-refractivity contribution < 1.29 is 17.9 Å². The highest BCUT2D eigenvalue weighted by atomic mass is 32.2. The van der Waals surface area contributed by atoms with Gasteiger partial charge in [-0.2, -0.15) is 0 Å². The second-order valence-corrected chi connectivity index (χ2v) is 8.01. The molecule has 1 atom stereocenters. The maximum absolute atomic E-state index is 12.2. The lowest BCUT2D eigenvalue weighted by atomic mass is 10.1. The molecule has 0 spiro atoms. The fourth-order valence-electron chi connectivity index (χ4n) is 2.18. The van der Waals surface area contributed by atoms with Crippen LogP contribution < -0.4 is 4.74 Å². The first-order chi connectivity index (χ1) is 10.2. The van der Waals surface area contributed by atoms with Crippen LogP contribution in [0.4, 0.5) is 0 Å². The Hall–Kier alpha value is -1.56. The molecule has 22 heavy (non-hydrogen) atoms. The molecule has 1 aromatic rings. The van der Waals surface area contributed by atoms with Gasteiger partial charge in [0.1, 0.15) is 11.5 Å². The van der Waals surface area contributed by atoms with Gasteiger partial charge in [0.05, 0.1) is 18.9 Å². The molecular weight excluding hydrogens is 302 g/mol. The zero-order valence-electron chi connectivity index (χ0n) is 13.9. The lowest BCUT2D eigenvalue weighted by molar-refractivity contribution is -0.129. The number of carbonyl (C=O) groups excluding carboxylic acids is 1. The molecule has 1 unspecified atom stereocenters. The molecule has 5 nitrogen and oxygen atoms in total. The minimum Gasteiger partial charge on any atom is -0.497 e. The van der Waals surface area contributed by atoms with Crippen LogP contribution in [0.1, 0.15) is 32.4 Å². The van der Waals surface area contributed by atoms with Crippen LogP contribution in [0.25, 0.3) is 0 Å². The molecular formula is C16H25NO4S. The summed E-state index contributed by atoms with van der Waals surface area (Å²) in [6, 6.07) is 7.18. The van der Waals surface area contributed by atoms with Gasteiger partial charge in [0, 0.05) is 7.05 Å². The van der Waals surface area contributed by atoms with Crippen molar-refractivity contribution in [1.82, 2.24) is 4.90 Å². The van der Waals surface area contributed by atoms with Gasteiger partial charge in [-0.1, -0.05) is 26.0 Å². The normalized spacial score (nSPS) is 13.0. The molecule has 1 aromatic carbocycles. The summed E-state index contributed by atoms with van der Waals surface area (Å²) in [5.74, 6) is -0.0402. The second kappa shape index (κ2) is 7.63. The van der Waals surface area contributed by atoms with Crippen LogP contribution in [0.15, 0.2) is 24.3 Å². The highest BCUT2D eigenvalue weighted by molar-refractivity contribution is 7.92. The van der Waals surface area contributed by atoms with E-state index in [-0.39, 0.29) is 23.6 Å². The van der Waals surface area contributed by atoms with E-state index in [2.05, 4.69) is 0 Å².